The highest BCUT2D eigenvalue weighted by Crippen LogP contribution is 2.26. The molecular formula is C17H23N3OS. The van der Waals surface area contributed by atoms with Crippen LogP contribution in [-0.2, 0) is 6.42 Å². The Morgan fingerprint density at radius 3 is 2.55 bits per heavy atom. The third-order valence-electron chi connectivity index (χ3n) is 3.54. The molecule has 0 radical (unpaired) electrons. The van der Waals surface area contributed by atoms with Crippen molar-refractivity contribution in [3.8, 4) is 0 Å². The van der Waals surface area contributed by atoms with Crippen molar-refractivity contribution in [3.05, 3.63) is 47.2 Å². The number of benzene rings is 1. The van der Waals surface area contributed by atoms with Gasteiger partial charge in [0.15, 0.2) is 5.17 Å². The first-order chi connectivity index (χ1) is 10.5. The number of hydrogen-bond acceptors (Lipinski definition) is 4. The molecule has 0 saturated heterocycles. The van der Waals surface area contributed by atoms with E-state index in [1.165, 1.54) is 22.9 Å². The smallest absolute Gasteiger partial charge is 0.230 e. The minimum Gasteiger partial charge on any atom is -0.338 e. The van der Waals surface area contributed by atoms with Gasteiger partial charge in [-0.25, -0.2) is 0 Å². The van der Waals surface area contributed by atoms with Crippen molar-refractivity contribution in [3.63, 3.8) is 0 Å². The molecule has 1 heterocycles. The second-order valence-electron chi connectivity index (χ2n) is 5.84. The fourth-order valence-electron chi connectivity index (χ4n) is 2.30. The van der Waals surface area contributed by atoms with Crippen LogP contribution < -0.4 is 5.32 Å². The van der Waals surface area contributed by atoms with E-state index in [4.69, 9.17) is 9.93 Å². The van der Waals surface area contributed by atoms with Gasteiger partial charge in [-0.1, -0.05) is 62.0 Å². The Morgan fingerprint density at radius 1 is 1.27 bits per heavy atom. The van der Waals surface area contributed by atoms with E-state index in [0.29, 0.717) is 17.0 Å². The Hall–Kier alpha value is -1.75. The van der Waals surface area contributed by atoms with Crippen LogP contribution in [0.2, 0.25) is 0 Å². The van der Waals surface area contributed by atoms with Crippen molar-refractivity contribution in [1.82, 2.24) is 5.16 Å². The van der Waals surface area contributed by atoms with Gasteiger partial charge in [0.25, 0.3) is 0 Å². The Bertz CT molecular complexity index is 619. The molecule has 0 amide bonds. The summed E-state index contributed by atoms with van der Waals surface area (Å²) in [4.78, 5) is 0. The second kappa shape index (κ2) is 7.49. The molecule has 0 aliphatic rings. The molecule has 5 heteroatoms. The lowest BCUT2D eigenvalue weighted by Crippen LogP contribution is -2.03. The number of rotatable bonds is 5. The predicted molar refractivity (Wildman–Crippen MR) is 93.9 cm³/mol. The number of amidine groups is 1. The largest absolute Gasteiger partial charge is 0.338 e. The van der Waals surface area contributed by atoms with Crippen LogP contribution in [0.15, 0.2) is 34.9 Å². The Labute approximate surface area is 136 Å². The van der Waals surface area contributed by atoms with Gasteiger partial charge in [0, 0.05) is 12.0 Å². The Kier molecular flexibility index (Phi) is 5.66. The maximum Gasteiger partial charge on any atom is 0.230 e. The van der Waals surface area contributed by atoms with Gasteiger partial charge in [-0.15, -0.1) is 0 Å². The summed E-state index contributed by atoms with van der Waals surface area (Å²) in [5.74, 6) is 1.34. The summed E-state index contributed by atoms with van der Waals surface area (Å²) < 4.78 is 5.24. The van der Waals surface area contributed by atoms with Gasteiger partial charge in [0.05, 0.1) is 5.69 Å². The minimum atomic E-state index is 0.163. The van der Waals surface area contributed by atoms with E-state index in [-0.39, 0.29) is 5.92 Å². The molecule has 0 aliphatic heterocycles. The van der Waals surface area contributed by atoms with Crippen LogP contribution in [0, 0.1) is 11.3 Å². The standard InChI is InChI=1S/C17H23N3OS/c1-11(2)9-13-5-7-14(8-6-13)12(3)15-10-16(21-20-15)19-17(18)22-4/h5-8,10-12H,9H2,1-4H3,(H2,18,19). The van der Waals surface area contributed by atoms with Gasteiger partial charge in [-0.3, -0.25) is 5.41 Å². The monoisotopic (exact) mass is 317 g/mol. The Balaban J connectivity index is 2.07. The molecular weight excluding hydrogens is 294 g/mol. The first kappa shape index (κ1) is 16.6. The van der Waals surface area contributed by atoms with Gasteiger partial charge >= 0.3 is 0 Å². The molecule has 2 rings (SSSR count). The second-order valence-corrected chi connectivity index (χ2v) is 6.65. The van der Waals surface area contributed by atoms with Crippen molar-refractivity contribution in [2.75, 3.05) is 11.6 Å². The van der Waals surface area contributed by atoms with E-state index in [9.17, 15) is 0 Å². The van der Waals surface area contributed by atoms with Crippen LogP contribution >= 0.6 is 11.8 Å². The summed E-state index contributed by atoms with van der Waals surface area (Å²) in [7, 11) is 0. The van der Waals surface area contributed by atoms with E-state index in [1.807, 2.05) is 12.3 Å². The van der Waals surface area contributed by atoms with Crippen LogP contribution in [0.4, 0.5) is 5.88 Å². The van der Waals surface area contributed by atoms with Crippen LogP contribution in [0.1, 0.15) is 43.5 Å². The van der Waals surface area contributed by atoms with Gasteiger partial charge in [0.1, 0.15) is 0 Å². The highest BCUT2D eigenvalue weighted by atomic mass is 32.2. The van der Waals surface area contributed by atoms with Crippen molar-refractivity contribution in [2.45, 2.75) is 33.1 Å². The summed E-state index contributed by atoms with van der Waals surface area (Å²) in [6.45, 7) is 6.57. The van der Waals surface area contributed by atoms with E-state index >= 15 is 0 Å². The average molecular weight is 317 g/mol. The quantitative estimate of drug-likeness (QED) is 0.618. The lowest BCUT2D eigenvalue weighted by atomic mass is 9.95. The van der Waals surface area contributed by atoms with Crippen molar-refractivity contribution >= 4 is 22.8 Å². The minimum absolute atomic E-state index is 0.163. The molecule has 0 aliphatic carbocycles. The SMILES string of the molecule is CSC(=N)Nc1cc(C(C)c2ccc(CC(C)C)cc2)no1. The zero-order chi connectivity index (χ0) is 16.1. The number of nitrogens with zero attached hydrogens (tertiary/aromatic N) is 1. The first-order valence-corrected chi connectivity index (χ1v) is 8.67. The third kappa shape index (κ3) is 4.37. The Morgan fingerprint density at radius 2 is 1.95 bits per heavy atom. The zero-order valence-electron chi connectivity index (χ0n) is 13.5. The summed E-state index contributed by atoms with van der Waals surface area (Å²) in [5.41, 5.74) is 3.45. The fraction of sp³-hybridized carbons (Fsp3) is 0.412. The van der Waals surface area contributed by atoms with Gasteiger partial charge in [-0.05, 0) is 29.7 Å². The highest BCUT2D eigenvalue weighted by Gasteiger charge is 2.14. The van der Waals surface area contributed by atoms with Crippen molar-refractivity contribution in [1.29, 1.82) is 5.41 Å². The normalized spacial score (nSPS) is 12.4. The van der Waals surface area contributed by atoms with Crippen molar-refractivity contribution < 1.29 is 4.52 Å². The molecule has 1 atom stereocenters. The molecule has 2 N–H and O–H groups in total. The van der Waals surface area contributed by atoms with E-state index in [0.717, 1.165) is 12.1 Å². The van der Waals surface area contributed by atoms with Crippen LogP contribution in [0.3, 0.4) is 0 Å². The fourth-order valence-corrected chi connectivity index (χ4v) is 2.50. The topological polar surface area (TPSA) is 61.9 Å². The summed E-state index contributed by atoms with van der Waals surface area (Å²) in [6.07, 6.45) is 2.94. The number of aromatic nitrogens is 1. The van der Waals surface area contributed by atoms with Crippen molar-refractivity contribution in [2.24, 2.45) is 5.92 Å². The number of anilines is 1. The molecule has 4 nitrogen and oxygen atoms in total. The van der Waals surface area contributed by atoms with Gasteiger partial charge in [-0.2, -0.15) is 0 Å². The molecule has 0 spiro atoms. The first-order valence-electron chi connectivity index (χ1n) is 7.44. The number of thioether (sulfide) groups is 1. The third-order valence-corrected chi connectivity index (χ3v) is 4.05. The molecule has 2 aromatic rings. The molecule has 1 aromatic heterocycles. The molecule has 0 fully saturated rings. The van der Waals surface area contributed by atoms with Crippen LogP contribution in [-0.4, -0.2) is 16.6 Å². The molecule has 0 saturated carbocycles. The van der Waals surface area contributed by atoms with E-state index < -0.39 is 0 Å². The summed E-state index contributed by atoms with van der Waals surface area (Å²) in [6, 6.07) is 10.6. The van der Waals surface area contributed by atoms with Gasteiger partial charge in [0.2, 0.25) is 5.88 Å². The molecule has 1 aromatic carbocycles. The maximum absolute atomic E-state index is 7.60. The predicted octanol–water partition coefficient (Wildman–Crippen LogP) is 4.73. The lowest BCUT2D eigenvalue weighted by molar-refractivity contribution is 0.424. The molecule has 118 valence electrons. The summed E-state index contributed by atoms with van der Waals surface area (Å²) in [5, 5.41) is 14.9. The van der Waals surface area contributed by atoms with Gasteiger partial charge < -0.3 is 9.84 Å². The molecule has 0 bridgehead atoms. The highest BCUT2D eigenvalue weighted by molar-refractivity contribution is 8.13. The maximum atomic E-state index is 7.60. The average Bonchev–Trinajstić information content (AvgIpc) is 2.95. The van der Waals surface area contributed by atoms with Crippen LogP contribution in [0.25, 0.3) is 0 Å². The summed E-state index contributed by atoms with van der Waals surface area (Å²) >= 11 is 1.32. The van der Waals surface area contributed by atoms with Crippen LogP contribution in [0.5, 0.6) is 0 Å². The molecule has 1 unspecified atom stereocenters. The zero-order valence-corrected chi connectivity index (χ0v) is 14.3. The number of nitrogens with one attached hydrogen (secondary N) is 2. The van der Waals surface area contributed by atoms with E-state index in [1.54, 1.807) is 0 Å². The van der Waals surface area contributed by atoms with E-state index in [2.05, 4.69) is 55.5 Å². The lowest BCUT2D eigenvalue weighted by Gasteiger charge is -2.10. The molecule has 22 heavy (non-hydrogen) atoms. The number of hydrogen-bond donors (Lipinski definition) is 2.